The van der Waals surface area contributed by atoms with E-state index in [2.05, 4.69) is 19.2 Å². The second-order valence-electron chi connectivity index (χ2n) is 5.88. The molecule has 1 atom stereocenters. The first kappa shape index (κ1) is 17.7. The second-order valence-corrected chi connectivity index (χ2v) is 5.88. The Morgan fingerprint density at radius 2 is 1.72 bits per heavy atom. The molecule has 5 heteroatoms. The minimum absolute atomic E-state index is 0.112. The Balaban J connectivity index is 4.40. The Morgan fingerprint density at radius 3 is 2.11 bits per heavy atom. The van der Waals surface area contributed by atoms with Crippen molar-refractivity contribution in [3.8, 4) is 0 Å². The Hall–Kier alpha value is -0.290. The van der Waals surface area contributed by atoms with Gasteiger partial charge in [-0.15, -0.1) is 0 Å². The zero-order valence-corrected chi connectivity index (χ0v) is 12.2. The van der Waals surface area contributed by atoms with Crippen molar-refractivity contribution in [2.45, 2.75) is 52.8 Å². The van der Waals surface area contributed by atoms with Crippen LogP contribution in [0.25, 0.3) is 0 Å². The number of hydrogen-bond acceptors (Lipinski definition) is 2. The van der Waals surface area contributed by atoms with Crippen molar-refractivity contribution < 1.29 is 13.2 Å². The molecule has 0 aliphatic heterocycles. The minimum atomic E-state index is -4.12. The van der Waals surface area contributed by atoms with Crippen molar-refractivity contribution in [2.75, 3.05) is 26.7 Å². The number of alkyl halides is 3. The standard InChI is InChI=1S/C13H27F3N2/c1-6-7-12(4,8-17-11(2)3)9-18(5)10-13(14,15)16/h11,17H,6-10H2,1-5H3. The number of nitrogens with one attached hydrogen (secondary N) is 1. The molecule has 0 saturated carbocycles. The minimum Gasteiger partial charge on any atom is -0.314 e. The van der Waals surface area contributed by atoms with Crippen LogP contribution in [0.15, 0.2) is 0 Å². The van der Waals surface area contributed by atoms with Gasteiger partial charge in [-0.2, -0.15) is 13.2 Å². The highest BCUT2D eigenvalue weighted by Gasteiger charge is 2.32. The summed E-state index contributed by atoms with van der Waals surface area (Å²) < 4.78 is 37.0. The smallest absolute Gasteiger partial charge is 0.314 e. The average Bonchev–Trinajstić information content (AvgIpc) is 2.11. The summed E-state index contributed by atoms with van der Waals surface area (Å²) in [6.45, 7) is 8.59. The molecule has 1 unspecified atom stereocenters. The normalized spacial score (nSPS) is 16.3. The van der Waals surface area contributed by atoms with Crippen LogP contribution < -0.4 is 5.32 Å². The average molecular weight is 268 g/mol. The largest absolute Gasteiger partial charge is 0.401 e. The predicted octanol–water partition coefficient (Wildman–Crippen LogP) is 3.28. The van der Waals surface area contributed by atoms with Crippen LogP contribution in [0.4, 0.5) is 13.2 Å². The van der Waals surface area contributed by atoms with Crippen molar-refractivity contribution in [3.05, 3.63) is 0 Å². The predicted molar refractivity (Wildman–Crippen MR) is 69.7 cm³/mol. The summed E-state index contributed by atoms with van der Waals surface area (Å²) in [4.78, 5) is 1.37. The molecule has 0 radical (unpaired) electrons. The molecule has 0 bridgehead atoms. The molecule has 0 fully saturated rings. The lowest BCUT2D eigenvalue weighted by molar-refractivity contribution is -0.145. The van der Waals surface area contributed by atoms with Crippen LogP contribution in [0.1, 0.15) is 40.5 Å². The van der Waals surface area contributed by atoms with Gasteiger partial charge in [-0.25, -0.2) is 0 Å². The summed E-state index contributed by atoms with van der Waals surface area (Å²) in [5, 5.41) is 3.33. The summed E-state index contributed by atoms with van der Waals surface area (Å²) in [6, 6.07) is 0.356. The zero-order valence-electron chi connectivity index (χ0n) is 12.2. The summed E-state index contributed by atoms with van der Waals surface area (Å²) in [5.74, 6) is 0. The van der Waals surface area contributed by atoms with Crippen molar-refractivity contribution in [1.82, 2.24) is 10.2 Å². The molecular weight excluding hydrogens is 241 g/mol. The molecule has 0 spiro atoms. The highest BCUT2D eigenvalue weighted by atomic mass is 19.4. The highest BCUT2D eigenvalue weighted by molar-refractivity contribution is 4.81. The van der Waals surface area contributed by atoms with Gasteiger partial charge in [0, 0.05) is 19.1 Å². The molecule has 0 aliphatic carbocycles. The lowest BCUT2D eigenvalue weighted by atomic mass is 9.84. The molecule has 0 heterocycles. The van der Waals surface area contributed by atoms with E-state index in [1.54, 1.807) is 0 Å². The van der Waals surface area contributed by atoms with E-state index < -0.39 is 12.7 Å². The third kappa shape index (κ3) is 8.75. The summed E-state index contributed by atoms with van der Waals surface area (Å²) in [7, 11) is 1.54. The zero-order chi connectivity index (χ0) is 14.4. The molecule has 0 aromatic rings. The maximum absolute atomic E-state index is 12.3. The Bertz CT molecular complexity index is 229. The maximum Gasteiger partial charge on any atom is 0.401 e. The Morgan fingerprint density at radius 1 is 1.17 bits per heavy atom. The third-order valence-corrected chi connectivity index (χ3v) is 2.89. The van der Waals surface area contributed by atoms with Gasteiger partial charge in [0.1, 0.15) is 0 Å². The van der Waals surface area contributed by atoms with Crippen LogP contribution in [0.5, 0.6) is 0 Å². The molecule has 0 rings (SSSR count). The first-order valence-electron chi connectivity index (χ1n) is 6.56. The molecule has 0 aliphatic rings. The molecule has 0 aromatic carbocycles. The number of halogens is 3. The van der Waals surface area contributed by atoms with Crippen LogP contribution in [-0.4, -0.2) is 43.8 Å². The third-order valence-electron chi connectivity index (χ3n) is 2.89. The number of rotatable bonds is 8. The van der Waals surface area contributed by atoms with Crippen molar-refractivity contribution in [2.24, 2.45) is 5.41 Å². The van der Waals surface area contributed by atoms with E-state index >= 15 is 0 Å². The number of hydrogen-bond donors (Lipinski definition) is 1. The quantitative estimate of drug-likeness (QED) is 0.726. The van der Waals surface area contributed by atoms with Crippen LogP contribution in [0.2, 0.25) is 0 Å². The van der Waals surface area contributed by atoms with Crippen LogP contribution in [0.3, 0.4) is 0 Å². The SMILES string of the molecule is CCCC(C)(CNC(C)C)CN(C)CC(F)(F)F. The number of nitrogens with zero attached hydrogens (tertiary/aromatic N) is 1. The van der Waals surface area contributed by atoms with Crippen molar-refractivity contribution in [3.63, 3.8) is 0 Å². The summed E-state index contributed by atoms with van der Waals surface area (Å²) in [6.07, 6.45) is -2.21. The van der Waals surface area contributed by atoms with Gasteiger partial charge in [0.2, 0.25) is 0 Å². The molecule has 0 aromatic heterocycles. The topological polar surface area (TPSA) is 15.3 Å². The van der Waals surface area contributed by atoms with E-state index in [0.717, 1.165) is 19.4 Å². The van der Waals surface area contributed by atoms with Gasteiger partial charge in [-0.05, 0) is 18.9 Å². The van der Waals surface area contributed by atoms with Crippen molar-refractivity contribution >= 4 is 0 Å². The van der Waals surface area contributed by atoms with Gasteiger partial charge < -0.3 is 5.32 Å². The monoisotopic (exact) mass is 268 g/mol. The van der Waals surface area contributed by atoms with E-state index in [-0.39, 0.29) is 5.41 Å². The fourth-order valence-electron chi connectivity index (χ4n) is 2.29. The highest BCUT2D eigenvalue weighted by Crippen LogP contribution is 2.25. The van der Waals surface area contributed by atoms with Crippen LogP contribution >= 0.6 is 0 Å². The van der Waals surface area contributed by atoms with E-state index in [9.17, 15) is 13.2 Å². The fourth-order valence-corrected chi connectivity index (χ4v) is 2.29. The van der Waals surface area contributed by atoms with Crippen molar-refractivity contribution in [1.29, 1.82) is 0 Å². The molecule has 0 saturated heterocycles. The van der Waals surface area contributed by atoms with Gasteiger partial charge in [0.05, 0.1) is 6.54 Å². The first-order valence-corrected chi connectivity index (χ1v) is 6.56. The van der Waals surface area contributed by atoms with Gasteiger partial charge in [-0.1, -0.05) is 34.1 Å². The maximum atomic E-state index is 12.3. The Kier molecular flexibility index (Phi) is 7.22. The van der Waals surface area contributed by atoms with Gasteiger partial charge in [0.15, 0.2) is 0 Å². The van der Waals surface area contributed by atoms with E-state index in [0.29, 0.717) is 12.6 Å². The molecule has 2 nitrogen and oxygen atoms in total. The lowest BCUT2D eigenvalue weighted by Gasteiger charge is -2.35. The van der Waals surface area contributed by atoms with Gasteiger partial charge in [-0.3, -0.25) is 4.90 Å². The molecule has 18 heavy (non-hydrogen) atoms. The molecule has 0 amide bonds. The van der Waals surface area contributed by atoms with Crippen LogP contribution in [0, 0.1) is 5.41 Å². The van der Waals surface area contributed by atoms with E-state index in [1.165, 1.54) is 11.9 Å². The van der Waals surface area contributed by atoms with Gasteiger partial charge >= 0.3 is 6.18 Å². The van der Waals surface area contributed by atoms with Crippen LogP contribution in [-0.2, 0) is 0 Å². The molecule has 110 valence electrons. The van der Waals surface area contributed by atoms with E-state index in [1.807, 2.05) is 13.8 Å². The van der Waals surface area contributed by atoms with Gasteiger partial charge in [0.25, 0.3) is 0 Å². The second kappa shape index (κ2) is 7.34. The Labute approximate surface area is 109 Å². The molecule has 1 N–H and O–H groups in total. The van der Waals surface area contributed by atoms with E-state index in [4.69, 9.17) is 0 Å². The summed E-state index contributed by atoms with van der Waals surface area (Å²) >= 11 is 0. The lowest BCUT2D eigenvalue weighted by Crippen LogP contribution is -2.45. The molecular formula is C13H27F3N2. The summed E-state index contributed by atoms with van der Waals surface area (Å²) in [5.41, 5.74) is -0.112. The first-order chi connectivity index (χ1) is 8.08. The fraction of sp³-hybridized carbons (Fsp3) is 1.00.